The van der Waals surface area contributed by atoms with Crippen molar-refractivity contribution in [3.05, 3.63) is 40.0 Å². The molecule has 1 aliphatic rings. The van der Waals surface area contributed by atoms with Crippen molar-refractivity contribution < 1.29 is 0 Å². The molecule has 0 fully saturated rings. The van der Waals surface area contributed by atoms with Gasteiger partial charge in [-0.15, -0.1) is 11.3 Å². The fourth-order valence-corrected chi connectivity index (χ4v) is 2.81. The first-order valence-electron chi connectivity index (χ1n) is 6.03. The van der Waals surface area contributed by atoms with Gasteiger partial charge in [-0.3, -0.25) is 0 Å². The predicted molar refractivity (Wildman–Crippen MR) is 70.6 cm³/mol. The van der Waals surface area contributed by atoms with Gasteiger partial charge in [0.05, 0.1) is 5.01 Å². The summed E-state index contributed by atoms with van der Waals surface area (Å²) in [6, 6.07) is 4.30. The van der Waals surface area contributed by atoms with Crippen LogP contribution in [0.25, 0.3) is 0 Å². The highest BCUT2D eigenvalue weighted by Crippen LogP contribution is 2.21. The monoisotopic (exact) mass is 245 g/mol. The van der Waals surface area contributed by atoms with Crippen LogP contribution < -0.4 is 5.32 Å². The van der Waals surface area contributed by atoms with Gasteiger partial charge in [0.2, 0.25) is 0 Å². The van der Waals surface area contributed by atoms with E-state index in [1.165, 1.54) is 29.1 Å². The molecule has 2 heterocycles. The Labute approximate surface area is 105 Å². The van der Waals surface area contributed by atoms with Crippen molar-refractivity contribution in [3.63, 3.8) is 0 Å². The van der Waals surface area contributed by atoms with E-state index in [4.69, 9.17) is 0 Å². The second kappa shape index (κ2) is 4.84. The molecule has 1 N–H and O–H groups in total. The number of hydrogen-bond acceptors (Lipinski definition) is 4. The molecular weight excluding hydrogens is 230 g/mol. The van der Waals surface area contributed by atoms with Gasteiger partial charge in [-0.2, -0.15) is 0 Å². The zero-order valence-corrected chi connectivity index (χ0v) is 10.5. The van der Waals surface area contributed by atoms with Crippen molar-refractivity contribution in [3.8, 4) is 0 Å². The van der Waals surface area contributed by atoms with Gasteiger partial charge in [0.15, 0.2) is 0 Å². The summed E-state index contributed by atoms with van der Waals surface area (Å²) < 4.78 is 0. The minimum atomic E-state index is 0.902. The summed E-state index contributed by atoms with van der Waals surface area (Å²) in [5.74, 6) is 1.00. The van der Waals surface area contributed by atoms with Gasteiger partial charge in [0, 0.05) is 30.2 Å². The van der Waals surface area contributed by atoms with E-state index in [9.17, 15) is 0 Å². The summed E-state index contributed by atoms with van der Waals surface area (Å²) in [4.78, 5) is 8.91. The molecule has 0 saturated carbocycles. The lowest BCUT2D eigenvalue weighted by atomic mass is 10.2. The standard InChI is InChI=1S/C13H15N3S/c1-2-10-4-5-12(16-11(10)3-1)14-7-6-13-15-8-9-17-13/h4-5,8-9H,1-3,6-7H2,(H,14,16). The third kappa shape index (κ3) is 2.47. The molecule has 0 aromatic carbocycles. The van der Waals surface area contributed by atoms with Gasteiger partial charge < -0.3 is 5.32 Å². The molecule has 0 radical (unpaired) electrons. The molecule has 0 atom stereocenters. The second-order valence-corrected chi connectivity index (χ2v) is 5.24. The van der Waals surface area contributed by atoms with E-state index in [2.05, 4.69) is 27.4 Å². The molecule has 0 spiro atoms. The fourth-order valence-electron chi connectivity index (χ4n) is 2.19. The SMILES string of the molecule is c1csc(CCNc2ccc3c(n2)CCC3)n1. The topological polar surface area (TPSA) is 37.8 Å². The number of nitrogens with zero attached hydrogens (tertiary/aromatic N) is 2. The van der Waals surface area contributed by atoms with E-state index < -0.39 is 0 Å². The number of thiazole rings is 1. The van der Waals surface area contributed by atoms with Gasteiger partial charge in [-0.05, 0) is 30.9 Å². The third-order valence-electron chi connectivity index (χ3n) is 3.06. The molecule has 88 valence electrons. The number of aromatic nitrogens is 2. The summed E-state index contributed by atoms with van der Waals surface area (Å²) in [5.41, 5.74) is 2.71. The van der Waals surface area contributed by atoms with Crippen LogP contribution in [0, 0.1) is 0 Å². The molecule has 4 heteroatoms. The molecular formula is C13H15N3S. The second-order valence-electron chi connectivity index (χ2n) is 4.26. The zero-order valence-electron chi connectivity index (χ0n) is 9.65. The number of pyridine rings is 1. The van der Waals surface area contributed by atoms with Crippen LogP contribution in [0.5, 0.6) is 0 Å². The largest absolute Gasteiger partial charge is 0.370 e. The number of aryl methyl sites for hydroxylation is 2. The Kier molecular flexibility index (Phi) is 3.05. The minimum absolute atomic E-state index is 0.902. The number of anilines is 1. The van der Waals surface area contributed by atoms with Crippen molar-refractivity contribution in [1.82, 2.24) is 9.97 Å². The van der Waals surface area contributed by atoms with Gasteiger partial charge in [-0.25, -0.2) is 9.97 Å². The molecule has 0 bridgehead atoms. The molecule has 2 aromatic rings. The lowest BCUT2D eigenvalue weighted by Crippen LogP contribution is -2.07. The number of hydrogen-bond donors (Lipinski definition) is 1. The first-order valence-corrected chi connectivity index (χ1v) is 6.91. The van der Waals surface area contributed by atoms with Gasteiger partial charge >= 0.3 is 0 Å². The molecule has 2 aromatic heterocycles. The molecule has 17 heavy (non-hydrogen) atoms. The number of nitrogens with one attached hydrogen (secondary N) is 1. The Morgan fingerprint density at radius 2 is 2.29 bits per heavy atom. The lowest BCUT2D eigenvalue weighted by Gasteiger charge is -2.06. The average Bonchev–Trinajstić information content (AvgIpc) is 2.98. The molecule has 3 nitrogen and oxygen atoms in total. The number of rotatable bonds is 4. The highest BCUT2D eigenvalue weighted by atomic mass is 32.1. The maximum absolute atomic E-state index is 4.64. The Hall–Kier alpha value is -1.42. The van der Waals surface area contributed by atoms with Crippen LogP contribution in [0.1, 0.15) is 22.7 Å². The van der Waals surface area contributed by atoms with Gasteiger partial charge in [-0.1, -0.05) is 6.07 Å². The fraction of sp³-hybridized carbons (Fsp3) is 0.385. The third-order valence-corrected chi connectivity index (χ3v) is 3.90. The molecule has 3 rings (SSSR count). The number of fused-ring (bicyclic) bond motifs is 1. The maximum Gasteiger partial charge on any atom is 0.126 e. The predicted octanol–water partition coefficient (Wildman–Crippen LogP) is 2.68. The summed E-state index contributed by atoms with van der Waals surface area (Å²) in [6.45, 7) is 0.902. The molecule has 0 amide bonds. The van der Waals surface area contributed by atoms with Crippen LogP contribution in [0.3, 0.4) is 0 Å². The van der Waals surface area contributed by atoms with Crippen molar-refractivity contribution in [2.75, 3.05) is 11.9 Å². The van der Waals surface area contributed by atoms with Crippen LogP contribution in [-0.4, -0.2) is 16.5 Å². The van der Waals surface area contributed by atoms with Gasteiger partial charge in [0.1, 0.15) is 5.82 Å². The first kappa shape index (κ1) is 10.7. The van der Waals surface area contributed by atoms with E-state index in [0.717, 1.165) is 25.2 Å². The molecule has 1 aliphatic carbocycles. The Balaban J connectivity index is 1.58. The normalized spacial score (nSPS) is 13.6. The zero-order chi connectivity index (χ0) is 11.5. The van der Waals surface area contributed by atoms with Crippen molar-refractivity contribution in [1.29, 1.82) is 0 Å². The average molecular weight is 245 g/mol. The van der Waals surface area contributed by atoms with Crippen LogP contribution in [0.4, 0.5) is 5.82 Å². The van der Waals surface area contributed by atoms with Crippen molar-refractivity contribution in [2.24, 2.45) is 0 Å². The quantitative estimate of drug-likeness (QED) is 0.900. The summed E-state index contributed by atoms with van der Waals surface area (Å²) in [7, 11) is 0. The van der Waals surface area contributed by atoms with Crippen LogP contribution in [0.2, 0.25) is 0 Å². The molecule has 0 aliphatic heterocycles. The minimum Gasteiger partial charge on any atom is -0.370 e. The van der Waals surface area contributed by atoms with Crippen molar-refractivity contribution in [2.45, 2.75) is 25.7 Å². The molecule has 0 saturated heterocycles. The first-order chi connectivity index (χ1) is 8.42. The Morgan fingerprint density at radius 1 is 1.29 bits per heavy atom. The Morgan fingerprint density at radius 3 is 3.18 bits per heavy atom. The molecule has 0 unspecified atom stereocenters. The lowest BCUT2D eigenvalue weighted by molar-refractivity contribution is 0.898. The van der Waals surface area contributed by atoms with E-state index in [1.54, 1.807) is 11.3 Å². The Bertz CT molecular complexity index is 493. The van der Waals surface area contributed by atoms with Crippen LogP contribution in [-0.2, 0) is 19.3 Å². The summed E-state index contributed by atoms with van der Waals surface area (Å²) in [6.07, 6.45) is 6.41. The highest BCUT2D eigenvalue weighted by Gasteiger charge is 2.11. The van der Waals surface area contributed by atoms with Crippen molar-refractivity contribution >= 4 is 17.2 Å². The van der Waals surface area contributed by atoms with E-state index >= 15 is 0 Å². The summed E-state index contributed by atoms with van der Waals surface area (Å²) in [5, 5.41) is 6.56. The van der Waals surface area contributed by atoms with Crippen LogP contribution in [0.15, 0.2) is 23.7 Å². The van der Waals surface area contributed by atoms with Gasteiger partial charge in [0.25, 0.3) is 0 Å². The summed E-state index contributed by atoms with van der Waals surface area (Å²) >= 11 is 1.71. The highest BCUT2D eigenvalue weighted by molar-refractivity contribution is 7.09. The maximum atomic E-state index is 4.64. The van der Waals surface area contributed by atoms with E-state index in [-0.39, 0.29) is 0 Å². The smallest absolute Gasteiger partial charge is 0.126 e. The van der Waals surface area contributed by atoms with E-state index in [0.29, 0.717) is 0 Å². The van der Waals surface area contributed by atoms with E-state index in [1.807, 2.05) is 11.6 Å². The van der Waals surface area contributed by atoms with Crippen LogP contribution >= 0.6 is 11.3 Å².